The summed E-state index contributed by atoms with van der Waals surface area (Å²) in [6.07, 6.45) is 4.90. The van der Waals surface area contributed by atoms with E-state index in [4.69, 9.17) is 10.5 Å². The van der Waals surface area contributed by atoms with Gasteiger partial charge in [0.25, 0.3) is 0 Å². The fraction of sp³-hybridized carbons (Fsp3) is 0.273. The molecule has 1 aliphatic heterocycles. The fourth-order valence-corrected chi connectivity index (χ4v) is 3.70. The number of aryl methyl sites for hydroxylation is 1. The number of allylic oxidation sites excluding steroid dienone is 1. The second kappa shape index (κ2) is 9.25. The molecule has 2 aromatic heterocycles. The first-order chi connectivity index (χ1) is 15.0. The number of nitrogens with two attached hydrogens (primary N) is 1. The predicted molar refractivity (Wildman–Crippen MR) is 121 cm³/mol. The van der Waals surface area contributed by atoms with E-state index in [1.54, 1.807) is 0 Å². The minimum Gasteiger partial charge on any atom is -0.404 e. The molecule has 0 radical (unpaired) electrons. The molecule has 162 valence electrons. The summed E-state index contributed by atoms with van der Waals surface area (Å²) in [5.41, 5.74) is 7.94. The van der Waals surface area contributed by atoms with Crippen LogP contribution in [-0.2, 0) is 11.2 Å². The molecule has 0 amide bonds. The lowest BCUT2D eigenvalue weighted by Crippen LogP contribution is -2.39. The summed E-state index contributed by atoms with van der Waals surface area (Å²) in [7, 11) is 0. The number of aromatic nitrogens is 2. The Morgan fingerprint density at radius 2 is 2.16 bits per heavy atom. The monoisotopic (exact) mass is 489 g/mol. The van der Waals surface area contributed by atoms with Crippen molar-refractivity contribution in [2.24, 2.45) is 10.7 Å². The molecule has 4 rings (SSSR count). The number of hydrogen-bond donors (Lipinski definition) is 2. The van der Waals surface area contributed by atoms with Crippen LogP contribution in [0.15, 0.2) is 46.1 Å². The molecule has 31 heavy (non-hydrogen) atoms. The number of benzene rings is 1. The molecule has 3 N–H and O–H groups in total. The Morgan fingerprint density at radius 1 is 1.39 bits per heavy atom. The van der Waals surface area contributed by atoms with Crippen molar-refractivity contribution in [1.82, 2.24) is 14.7 Å². The van der Waals surface area contributed by atoms with Crippen molar-refractivity contribution < 1.29 is 13.5 Å². The molecule has 1 fully saturated rings. The van der Waals surface area contributed by atoms with Crippen LogP contribution in [0, 0.1) is 18.6 Å². The van der Waals surface area contributed by atoms with Gasteiger partial charge in [0.05, 0.1) is 39.8 Å². The lowest BCUT2D eigenvalue weighted by Gasteiger charge is -2.24. The summed E-state index contributed by atoms with van der Waals surface area (Å²) in [4.78, 5) is 8.63. The number of morpholine rings is 1. The normalized spacial score (nSPS) is 17.7. The zero-order valence-corrected chi connectivity index (χ0v) is 18.5. The van der Waals surface area contributed by atoms with E-state index in [1.807, 2.05) is 29.7 Å². The van der Waals surface area contributed by atoms with Crippen molar-refractivity contribution in [2.45, 2.75) is 19.4 Å². The van der Waals surface area contributed by atoms with Crippen LogP contribution < -0.4 is 11.1 Å². The van der Waals surface area contributed by atoms with Gasteiger partial charge in [-0.2, -0.15) is 0 Å². The molecule has 6 nitrogen and oxygen atoms in total. The molecule has 9 heteroatoms. The summed E-state index contributed by atoms with van der Waals surface area (Å²) < 4.78 is 38.4. The number of hydrogen-bond acceptors (Lipinski definition) is 5. The number of rotatable bonds is 5. The van der Waals surface area contributed by atoms with Gasteiger partial charge in [-0.05, 0) is 40.5 Å². The molecular weight excluding hydrogens is 468 g/mol. The van der Waals surface area contributed by atoms with Gasteiger partial charge < -0.3 is 20.2 Å². The van der Waals surface area contributed by atoms with Gasteiger partial charge in [0.2, 0.25) is 0 Å². The van der Waals surface area contributed by atoms with Crippen LogP contribution in [0.2, 0.25) is 0 Å². The van der Waals surface area contributed by atoms with Crippen LogP contribution in [0.1, 0.15) is 11.3 Å². The summed E-state index contributed by atoms with van der Waals surface area (Å²) in [5, 5.41) is 3.29. The Balaban J connectivity index is 1.81. The smallest absolute Gasteiger partial charge is 0.137 e. The number of halogens is 3. The van der Waals surface area contributed by atoms with E-state index in [9.17, 15) is 0 Å². The van der Waals surface area contributed by atoms with Gasteiger partial charge >= 0.3 is 0 Å². The van der Waals surface area contributed by atoms with Gasteiger partial charge in [0.15, 0.2) is 0 Å². The van der Waals surface area contributed by atoms with Gasteiger partial charge in [0.1, 0.15) is 17.3 Å². The van der Waals surface area contributed by atoms with Crippen LogP contribution in [0.25, 0.3) is 16.9 Å². The van der Waals surface area contributed by atoms with E-state index >= 15 is 8.78 Å². The van der Waals surface area contributed by atoms with Gasteiger partial charge in [-0.1, -0.05) is 0 Å². The highest BCUT2D eigenvalue weighted by Gasteiger charge is 2.25. The van der Waals surface area contributed by atoms with Crippen molar-refractivity contribution >= 4 is 33.5 Å². The van der Waals surface area contributed by atoms with E-state index in [1.165, 1.54) is 24.5 Å². The minimum atomic E-state index is -0.732. The van der Waals surface area contributed by atoms with Crippen molar-refractivity contribution in [1.29, 1.82) is 0 Å². The van der Waals surface area contributed by atoms with Crippen molar-refractivity contribution in [3.8, 4) is 11.3 Å². The van der Waals surface area contributed by atoms with Crippen molar-refractivity contribution in [3.05, 3.63) is 64.0 Å². The fourth-order valence-electron chi connectivity index (χ4n) is 3.60. The third kappa shape index (κ3) is 4.68. The second-order valence-electron chi connectivity index (χ2n) is 7.33. The van der Waals surface area contributed by atoms with Crippen LogP contribution >= 0.6 is 15.9 Å². The number of imidazole rings is 1. The Hall–Kier alpha value is -2.62. The van der Waals surface area contributed by atoms with Crippen molar-refractivity contribution in [3.63, 3.8) is 0 Å². The standard InChI is InChI=1S/C22H22BrF2N5O/c1-13-2-4-30-19(9-16-12-27-3-5-31-16)22(29-20(30)6-13)21-17(24)7-15(8-18(21)25)28-11-14(23)10-26/h2,4,6-8,10-11,16,27H,3,5,9,12,26H2,1H3. The number of nitrogens with one attached hydrogen (secondary N) is 1. The molecule has 1 atom stereocenters. The first kappa shape index (κ1) is 21.6. The van der Waals surface area contributed by atoms with Crippen LogP contribution in [0.5, 0.6) is 0 Å². The van der Waals surface area contributed by atoms with E-state index < -0.39 is 11.6 Å². The summed E-state index contributed by atoms with van der Waals surface area (Å²) in [5.74, 6) is -1.46. The topological polar surface area (TPSA) is 76.9 Å². The molecular formula is C22H22BrF2N5O. The van der Waals surface area contributed by atoms with Crippen LogP contribution in [0.3, 0.4) is 0 Å². The summed E-state index contributed by atoms with van der Waals surface area (Å²) >= 11 is 3.17. The maximum absolute atomic E-state index is 15.1. The Kier molecular flexibility index (Phi) is 6.45. The van der Waals surface area contributed by atoms with E-state index in [0.717, 1.165) is 12.1 Å². The molecule has 0 saturated carbocycles. The quantitative estimate of drug-likeness (QED) is 0.530. The number of pyridine rings is 1. The average Bonchev–Trinajstić information content (AvgIpc) is 3.09. The molecule has 0 spiro atoms. The lowest BCUT2D eigenvalue weighted by atomic mass is 10.0. The first-order valence-corrected chi connectivity index (χ1v) is 10.7. The van der Waals surface area contributed by atoms with Gasteiger partial charge in [-0.3, -0.25) is 4.99 Å². The highest BCUT2D eigenvalue weighted by Crippen LogP contribution is 2.33. The molecule has 3 heterocycles. The third-order valence-corrected chi connectivity index (χ3v) is 5.53. The molecule has 1 aliphatic rings. The maximum Gasteiger partial charge on any atom is 0.137 e. The largest absolute Gasteiger partial charge is 0.404 e. The molecule has 3 aromatic rings. The lowest BCUT2D eigenvalue weighted by molar-refractivity contribution is 0.0286. The molecule has 1 saturated heterocycles. The van der Waals surface area contributed by atoms with Gasteiger partial charge in [-0.25, -0.2) is 13.8 Å². The molecule has 0 aliphatic carbocycles. The van der Waals surface area contributed by atoms with Gasteiger partial charge in [-0.15, -0.1) is 0 Å². The minimum absolute atomic E-state index is 0.107. The van der Waals surface area contributed by atoms with E-state index in [0.29, 0.717) is 35.4 Å². The molecule has 0 bridgehead atoms. The highest BCUT2D eigenvalue weighted by molar-refractivity contribution is 9.12. The molecule has 1 aromatic carbocycles. The number of ether oxygens (including phenoxy) is 1. The predicted octanol–water partition coefficient (Wildman–Crippen LogP) is 4.02. The summed E-state index contributed by atoms with van der Waals surface area (Å²) in [6, 6.07) is 6.19. The first-order valence-electron chi connectivity index (χ1n) is 9.87. The summed E-state index contributed by atoms with van der Waals surface area (Å²) in [6.45, 7) is 4.00. The number of nitrogens with zero attached hydrogens (tertiary/aromatic N) is 3. The zero-order valence-electron chi connectivity index (χ0n) is 16.9. The second-order valence-corrected chi connectivity index (χ2v) is 8.25. The van der Waals surface area contributed by atoms with E-state index in [2.05, 4.69) is 31.2 Å². The SMILES string of the molecule is Cc1ccn2c(CC3CNCCO3)c(-c3c(F)cc(N=CC(Br)=CN)cc3F)nc2c1. The molecule has 1 unspecified atom stereocenters. The van der Waals surface area contributed by atoms with Crippen molar-refractivity contribution in [2.75, 3.05) is 19.7 Å². The Morgan fingerprint density at radius 3 is 2.84 bits per heavy atom. The number of fused-ring (bicyclic) bond motifs is 1. The Bertz CT molecular complexity index is 1150. The number of aliphatic imine (C=N–C) groups is 1. The highest BCUT2D eigenvalue weighted by atomic mass is 79.9. The Labute approximate surface area is 187 Å². The third-order valence-electron chi connectivity index (χ3n) is 5.07. The zero-order chi connectivity index (χ0) is 22.0. The van der Waals surface area contributed by atoms with Crippen LogP contribution in [-0.4, -0.2) is 41.4 Å². The average molecular weight is 490 g/mol. The van der Waals surface area contributed by atoms with Gasteiger partial charge in [0, 0.05) is 50.3 Å². The maximum atomic E-state index is 15.1. The van der Waals surface area contributed by atoms with Crippen LogP contribution in [0.4, 0.5) is 14.5 Å². The van der Waals surface area contributed by atoms with E-state index in [-0.39, 0.29) is 23.0 Å².